The van der Waals surface area contributed by atoms with Crippen LogP contribution in [0.4, 0.5) is 0 Å². The van der Waals surface area contributed by atoms with Gasteiger partial charge in [0.1, 0.15) is 6.10 Å². The molecule has 29 heavy (non-hydrogen) atoms. The van der Waals surface area contributed by atoms with Gasteiger partial charge in [-0.3, -0.25) is 9.89 Å². The van der Waals surface area contributed by atoms with Crippen LogP contribution in [0, 0.1) is 11.8 Å². The predicted octanol–water partition coefficient (Wildman–Crippen LogP) is 2.67. The molecule has 9 heteroatoms. The summed E-state index contributed by atoms with van der Waals surface area (Å²) in [4.78, 5) is 13.9. The minimum Gasteiger partial charge on any atom is -0.371 e. The lowest BCUT2D eigenvalue weighted by atomic mass is 9.93. The molecule has 0 radical (unpaired) electrons. The van der Waals surface area contributed by atoms with Gasteiger partial charge in [0.05, 0.1) is 6.54 Å². The quantitative estimate of drug-likeness (QED) is 0.353. The van der Waals surface area contributed by atoms with Crippen molar-refractivity contribution in [3.8, 4) is 0 Å². The average Bonchev–Trinajstić information content (AvgIpc) is 3.46. The van der Waals surface area contributed by atoms with Gasteiger partial charge in [0, 0.05) is 45.9 Å². The molecule has 0 aromatic carbocycles. The zero-order valence-corrected chi connectivity index (χ0v) is 20.2. The molecule has 4 atom stereocenters. The highest BCUT2D eigenvalue weighted by atomic mass is 127. The molecular formula is C20H35IN6O2. The Morgan fingerprint density at radius 3 is 2.69 bits per heavy atom. The minimum atomic E-state index is -0.152. The van der Waals surface area contributed by atoms with E-state index in [-0.39, 0.29) is 30.1 Å². The molecule has 4 unspecified atom stereocenters. The van der Waals surface area contributed by atoms with Gasteiger partial charge in [-0.05, 0) is 44.9 Å². The molecule has 1 N–H and O–H groups in total. The van der Waals surface area contributed by atoms with Gasteiger partial charge >= 0.3 is 0 Å². The number of rotatable bonds is 6. The molecule has 1 aliphatic heterocycles. The highest BCUT2D eigenvalue weighted by Gasteiger charge is 2.42. The maximum atomic E-state index is 5.51. The zero-order chi connectivity index (χ0) is 19.5. The van der Waals surface area contributed by atoms with Crippen LogP contribution in [0.3, 0.4) is 0 Å². The van der Waals surface area contributed by atoms with Gasteiger partial charge in [-0.15, -0.1) is 24.0 Å². The molecule has 4 rings (SSSR count). The highest BCUT2D eigenvalue weighted by Crippen LogP contribution is 2.46. The van der Waals surface area contributed by atoms with Crippen LogP contribution in [-0.4, -0.2) is 71.8 Å². The third-order valence-corrected chi connectivity index (χ3v) is 6.66. The van der Waals surface area contributed by atoms with E-state index >= 15 is 0 Å². The minimum absolute atomic E-state index is 0. The summed E-state index contributed by atoms with van der Waals surface area (Å²) in [6, 6.07) is 0.833. The number of halogens is 1. The number of aromatic nitrogens is 2. The Morgan fingerprint density at radius 1 is 1.28 bits per heavy atom. The predicted molar refractivity (Wildman–Crippen MR) is 122 cm³/mol. The summed E-state index contributed by atoms with van der Waals surface area (Å²) in [6.07, 6.45) is 5.67. The first-order valence-corrected chi connectivity index (χ1v) is 10.8. The summed E-state index contributed by atoms with van der Waals surface area (Å²) in [7, 11) is 1.83. The van der Waals surface area contributed by atoms with E-state index in [0.717, 1.165) is 50.0 Å². The van der Waals surface area contributed by atoms with E-state index in [1.54, 1.807) is 0 Å². The van der Waals surface area contributed by atoms with Crippen molar-refractivity contribution < 1.29 is 9.26 Å². The first-order chi connectivity index (χ1) is 13.7. The molecule has 1 saturated heterocycles. The van der Waals surface area contributed by atoms with Gasteiger partial charge in [0.25, 0.3) is 0 Å². The summed E-state index contributed by atoms with van der Waals surface area (Å²) in [5.74, 6) is 4.02. The maximum absolute atomic E-state index is 5.51. The lowest BCUT2D eigenvalue weighted by Gasteiger charge is -2.41. The number of piperazine rings is 1. The largest absolute Gasteiger partial charge is 0.371 e. The fourth-order valence-electron chi connectivity index (χ4n) is 5.24. The number of guanidine groups is 1. The molecule has 3 fully saturated rings. The first kappa shape index (κ1) is 22.7. The monoisotopic (exact) mass is 518 g/mol. The second-order valence-corrected chi connectivity index (χ2v) is 8.31. The third-order valence-electron chi connectivity index (χ3n) is 6.66. The number of aliphatic imine (C=N–C) groups is 1. The lowest BCUT2D eigenvalue weighted by Crippen LogP contribution is -2.55. The normalized spacial score (nSPS) is 28.4. The van der Waals surface area contributed by atoms with Crippen molar-refractivity contribution in [2.24, 2.45) is 16.8 Å². The second-order valence-electron chi connectivity index (χ2n) is 8.31. The Bertz CT molecular complexity index is 676. The van der Waals surface area contributed by atoms with E-state index in [2.05, 4.69) is 30.2 Å². The van der Waals surface area contributed by atoms with Crippen molar-refractivity contribution in [3.63, 3.8) is 0 Å². The van der Waals surface area contributed by atoms with Crippen molar-refractivity contribution in [2.45, 2.75) is 58.2 Å². The van der Waals surface area contributed by atoms with Crippen LogP contribution >= 0.6 is 24.0 Å². The summed E-state index contributed by atoms with van der Waals surface area (Å²) < 4.78 is 10.9. The fraction of sp³-hybridized carbons (Fsp3) is 0.850. The number of nitrogens with one attached hydrogen (secondary N) is 1. The van der Waals surface area contributed by atoms with Crippen LogP contribution in [0.15, 0.2) is 9.52 Å². The van der Waals surface area contributed by atoms with Gasteiger partial charge in [-0.2, -0.15) is 4.98 Å². The van der Waals surface area contributed by atoms with E-state index in [4.69, 9.17) is 9.26 Å². The number of nitrogens with zero attached hydrogens (tertiary/aromatic N) is 5. The summed E-state index contributed by atoms with van der Waals surface area (Å²) in [5.41, 5.74) is 0. The first-order valence-electron chi connectivity index (χ1n) is 10.8. The molecule has 2 bridgehead atoms. The Kier molecular flexibility index (Phi) is 8.15. The van der Waals surface area contributed by atoms with E-state index in [1.807, 2.05) is 20.9 Å². The van der Waals surface area contributed by atoms with Crippen LogP contribution in [0.5, 0.6) is 0 Å². The molecular weight excluding hydrogens is 483 g/mol. The van der Waals surface area contributed by atoms with Crippen molar-refractivity contribution >= 4 is 29.9 Å². The van der Waals surface area contributed by atoms with E-state index < -0.39 is 0 Å². The Hall–Kier alpha value is -0.940. The fourth-order valence-corrected chi connectivity index (χ4v) is 5.24. The van der Waals surface area contributed by atoms with Crippen molar-refractivity contribution in [2.75, 3.05) is 39.8 Å². The Labute approximate surface area is 190 Å². The molecule has 8 nitrogen and oxygen atoms in total. The van der Waals surface area contributed by atoms with Gasteiger partial charge < -0.3 is 19.5 Å². The van der Waals surface area contributed by atoms with Crippen molar-refractivity contribution in [3.05, 3.63) is 11.7 Å². The van der Waals surface area contributed by atoms with Crippen LogP contribution in [0.25, 0.3) is 0 Å². The van der Waals surface area contributed by atoms with E-state index in [0.29, 0.717) is 24.9 Å². The Balaban J connectivity index is 0.00000240. The average molecular weight is 518 g/mol. The van der Waals surface area contributed by atoms with Crippen LogP contribution in [-0.2, 0) is 11.3 Å². The molecule has 1 aromatic rings. The number of hydrogen-bond acceptors (Lipinski definition) is 6. The molecule has 2 aliphatic carbocycles. The molecule has 0 amide bonds. The molecule has 1 aromatic heterocycles. The summed E-state index contributed by atoms with van der Waals surface area (Å²) in [6.45, 7) is 9.29. The molecule has 164 valence electrons. The molecule has 0 spiro atoms. The molecule has 2 heterocycles. The second kappa shape index (κ2) is 10.4. The van der Waals surface area contributed by atoms with Crippen LogP contribution < -0.4 is 5.32 Å². The third kappa shape index (κ3) is 5.22. The van der Waals surface area contributed by atoms with Gasteiger partial charge in [0.15, 0.2) is 11.8 Å². The number of fused-ring (bicyclic) bond motifs is 2. The number of hydrogen-bond donors (Lipinski definition) is 1. The highest BCUT2D eigenvalue weighted by molar-refractivity contribution is 14.0. The summed E-state index contributed by atoms with van der Waals surface area (Å²) >= 11 is 0. The molecule has 2 saturated carbocycles. The maximum Gasteiger partial charge on any atom is 0.246 e. The standard InChI is InChI=1S/C20H34N6O2.HI/c1-4-27-14(2)19-23-18(28-24-19)13-22-20(21-3)26-9-7-25(8-10-26)17-12-15-5-6-16(17)11-15;/h14-17H,4-13H2,1-3H3,(H,21,22);1H. The SMILES string of the molecule is CCOC(C)c1noc(CNC(=NC)N2CCN(C3CC4CCC3C4)CC2)n1.I. The van der Waals surface area contributed by atoms with Crippen LogP contribution in [0.1, 0.15) is 57.3 Å². The smallest absolute Gasteiger partial charge is 0.246 e. The Morgan fingerprint density at radius 2 is 2.07 bits per heavy atom. The van der Waals surface area contributed by atoms with Gasteiger partial charge in [0.2, 0.25) is 5.89 Å². The zero-order valence-electron chi connectivity index (χ0n) is 17.8. The van der Waals surface area contributed by atoms with E-state index in [9.17, 15) is 0 Å². The number of ether oxygens (including phenoxy) is 1. The van der Waals surface area contributed by atoms with Gasteiger partial charge in [-0.25, -0.2) is 0 Å². The van der Waals surface area contributed by atoms with Crippen molar-refractivity contribution in [1.82, 2.24) is 25.3 Å². The van der Waals surface area contributed by atoms with Crippen molar-refractivity contribution in [1.29, 1.82) is 0 Å². The lowest BCUT2D eigenvalue weighted by molar-refractivity contribution is 0.0683. The van der Waals surface area contributed by atoms with Gasteiger partial charge in [-0.1, -0.05) is 11.6 Å². The topological polar surface area (TPSA) is 79.0 Å². The van der Waals surface area contributed by atoms with Crippen LogP contribution in [0.2, 0.25) is 0 Å². The molecule has 3 aliphatic rings. The van der Waals surface area contributed by atoms with E-state index in [1.165, 1.54) is 25.7 Å². The summed E-state index contributed by atoms with van der Waals surface area (Å²) in [5, 5.41) is 7.38.